The summed E-state index contributed by atoms with van der Waals surface area (Å²) in [6.07, 6.45) is 3.11. The first-order chi connectivity index (χ1) is 14.8. The molecule has 0 aliphatic carbocycles. The number of primary amides is 1. The number of benzene rings is 1. The number of rotatable bonds is 7. The Morgan fingerprint density at radius 1 is 1.32 bits per heavy atom. The van der Waals surface area contributed by atoms with Gasteiger partial charge in [-0.15, -0.1) is 0 Å². The molecule has 0 unspecified atom stereocenters. The standard InChI is InChI=1S/C22H23N5O4/c1-14-16(12-23)21(30)27(11-5-10-26-9-4-8-19(26)28)22(31)17(14)13-25-18-7-3-2-6-15(18)20(24)29/h2-3,6-7,13,31H,4-5,8-11H2,1H3,(H2,24,29). The van der Waals surface area contributed by atoms with Crippen molar-refractivity contribution < 1.29 is 14.7 Å². The Bertz CT molecular complexity index is 1160. The van der Waals surface area contributed by atoms with Gasteiger partial charge in [0.25, 0.3) is 11.5 Å². The maximum atomic E-state index is 12.7. The van der Waals surface area contributed by atoms with E-state index in [1.807, 2.05) is 6.07 Å². The third-order valence-corrected chi connectivity index (χ3v) is 5.33. The maximum Gasteiger partial charge on any atom is 0.271 e. The zero-order valence-electron chi connectivity index (χ0n) is 17.2. The highest BCUT2D eigenvalue weighted by Gasteiger charge is 2.21. The molecule has 2 amide bonds. The van der Waals surface area contributed by atoms with Crippen molar-refractivity contribution >= 4 is 23.7 Å². The van der Waals surface area contributed by atoms with E-state index in [1.165, 1.54) is 12.3 Å². The number of hydrogen-bond donors (Lipinski definition) is 2. The van der Waals surface area contributed by atoms with E-state index in [2.05, 4.69) is 4.99 Å². The van der Waals surface area contributed by atoms with Gasteiger partial charge in [0, 0.05) is 32.3 Å². The van der Waals surface area contributed by atoms with Gasteiger partial charge in [0.05, 0.1) is 16.8 Å². The lowest BCUT2D eigenvalue weighted by molar-refractivity contribution is -0.127. The van der Waals surface area contributed by atoms with Gasteiger partial charge in [-0.25, -0.2) is 0 Å². The van der Waals surface area contributed by atoms with Crippen LogP contribution in [0, 0.1) is 18.3 Å². The Morgan fingerprint density at radius 3 is 2.71 bits per heavy atom. The summed E-state index contributed by atoms with van der Waals surface area (Å²) < 4.78 is 1.12. The largest absolute Gasteiger partial charge is 0.494 e. The van der Waals surface area contributed by atoms with Crippen molar-refractivity contribution in [3.63, 3.8) is 0 Å². The minimum absolute atomic E-state index is 0.0825. The van der Waals surface area contributed by atoms with Crippen LogP contribution in [0.5, 0.6) is 5.88 Å². The van der Waals surface area contributed by atoms with Crippen LogP contribution in [0.25, 0.3) is 0 Å². The van der Waals surface area contributed by atoms with Crippen LogP contribution >= 0.6 is 0 Å². The molecule has 2 heterocycles. The van der Waals surface area contributed by atoms with Crippen LogP contribution in [0.1, 0.15) is 46.3 Å². The number of likely N-dealkylation sites (tertiary alicyclic amines) is 1. The average molecular weight is 421 g/mol. The third kappa shape index (κ3) is 4.48. The summed E-state index contributed by atoms with van der Waals surface area (Å²) >= 11 is 0. The molecule has 1 aromatic carbocycles. The number of carbonyl (C=O) groups excluding carboxylic acids is 2. The first-order valence-corrected chi connectivity index (χ1v) is 9.92. The average Bonchev–Trinajstić information content (AvgIpc) is 3.15. The first-order valence-electron chi connectivity index (χ1n) is 9.92. The van der Waals surface area contributed by atoms with E-state index in [0.717, 1.165) is 11.0 Å². The fraction of sp³-hybridized carbons (Fsp3) is 0.318. The molecule has 0 spiro atoms. The van der Waals surface area contributed by atoms with E-state index >= 15 is 0 Å². The minimum atomic E-state index is -0.646. The molecule has 160 valence electrons. The molecule has 9 heteroatoms. The van der Waals surface area contributed by atoms with Crippen molar-refractivity contribution in [2.75, 3.05) is 13.1 Å². The van der Waals surface area contributed by atoms with Crippen LogP contribution < -0.4 is 11.3 Å². The number of nitrogens with zero attached hydrogens (tertiary/aromatic N) is 4. The number of nitriles is 1. The molecule has 1 fully saturated rings. The molecule has 31 heavy (non-hydrogen) atoms. The molecule has 0 bridgehead atoms. The molecular weight excluding hydrogens is 398 g/mol. The Hall–Kier alpha value is -3.93. The highest BCUT2D eigenvalue weighted by atomic mass is 16.3. The number of hydrogen-bond acceptors (Lipinski definition) is 6. The van der Waals surface area contributed by atoms with Crippen LogP contribution in [-0.2, 0) is 11.3 Å². The maximum absolute atomic E-state index is 12.7. The summed E-state index contributed by atoms with van der Waals surface area (Å²) in [5, 5.41) is 20.2. The van der Waals surface area contributed by atoms with Gasteiger partial charge in [0.1, 0.15) is 11.6 Å². The second-order valence-corrected chi connectivity index (χ2v) is 7.28. The van der Waals surface area contributed by atoms with E-state index in [-0.39, 0.29) is 40.6 Å². The number of aromatic nitrogens is 1. The van der Waals surface area contributed by atoms with Gasteiger partial charge in [-0.1, -0.05) is 12.1 Å². The van der Waals surface area contributed by atoms with E-state index < -0.39 is 11.5 Å². The summed E-state index contributed by atoms with van der Waals surface area (Å²) in [6.45, 7) is 2.85. The summed E-state index contributed by atoms with van der Waals surface area (Å²) in [6, 6.07) is 8.36. The highest BCUT2D eigenvalue weighted by Crippen LogP contribution is 2.23. The molecular formula is C22H23N5O4. The number of nitrogens with two attached hydrogens (primary N) is 1. The van der Waals surface area contributed by atoms with Crippen LogP contribution in [0.3, 0.4) is 0 Å². The number of para-hydroxylation sites is 1. The zero-order chi connectivity index (χ0) is 22.5. The lowest BCUT2D eigenvalue weighted by atomic mass is 10.1. The topological polar surface area (TPSA) is 142 Å². The van der Waals surface area contributed by atoms with Gasteiger partial charge in [0.2, 0.25) is 11.8 Å². The lowest BCUT2D eigenvalue weighted by Gasteiger charge is -2.17. The molecule has 1 saturated heterocycles. The van der Waals surface area contributed by atoms with Crippen molar-refractivity contribution in [1.29, 1.82) is 5.26 Å². The number of pyridine rings is 1. The molecule has 3 rings (SSSR count). The van der Waals surface area contributed by atoms with Gasteiger partial charge in [-0.3, -0.25) is 23.9 Å². The first kappa shape index (κ1) is 21.8. The Morgan fingerprint density at radius 2 is 2.06 bits per heavy atom. The van der Waals surface area contributed by atoms with Crippen LogP contribution in [0.15, 0.2) is 34.1 Å². The van der Waals surface area contributed by atoms with Crippen molar-refractivity contribution in [2.24, 2.45) is 10.7 Å². The van der Waals surface area contributed by atoms with Crippen molar-refractivity contribution in [2.45, 2.75) is 32.7 Å². The van der Waals surface area contributed by atoms with E-state index in [4.69, 9.17) is 5.73 Å². The molecule has 9 nitrogen and oxygen atoms in total. The predicted molar refractivity (Wildman–Crippen MR) is 114 cm³/mol. The minimum Gasteiger partial charge on any atom is -0.494 e. The van der Waals surface area contributed by atoms with Gasteiger partial charge in [0.15, 0.2) is 0 Å². The fourth-order valence-electron chi connectivity index (χ4n) is 3.62. The number of aliphatic imine (C=N–C) groups is 1. The molecule has 1 aliphatic rings. The molecule has 1 aliphatic heterocycles. The van der Waals surface area contributed by atoms with Crippen LogP contribution in [-0.4, -0.2) is 45.7 Å². The van der Waals surface area contributed by atoms with Crippen molar-refractivity contribution in [3.05, 3.63) is 56.9 Å². The van der Waals surface area contributed by atoms with Gasteiger partial charge in [-0.2, -0.15) is 5.26 Å². The zero-order valence-corrected chi connectivity index (χ0v) is 17.2. The SMILES string of the molecule is Cc1c(C=Nc2ccccc2C(N)=O)c(O)n(CCCN2CCCC2=O)c(=O)c1C#N. The predicted octanol–water partition coefficient (Wildman–Crippen LogP) is 1.60. The highest BCUT2D eigenvalue weighted by molar-refractivity contribution is 5.99. The second kappa shape index (κ2) is 9.26. The molecule has 1 aromatic heterocycles. The quantitative estimate of drug-likeness (QED) is 0.653. The number of aromatic hydroxyl groups is 1. The van der Waals surface area contributed by atoms with Crippen LogP contribution in [0.2, 0.25) is 0 Å². The summed E-state index contributed by atoms with van der Waals surface area (Å²) in [5.41, 5.74) is 5.68. The molecule has 2 aromatic rings. The van der Waals surface area contributed by atoms with E-state index in [0.29, 0.717) is 31.6 Å². The third-order valence-electron chi connectivity index (χ3n) is 5.33. The van der Waals surface area contributed by atoms with Crippen molar-refractivity contribution in [1.82, 2.24) is 9.47 Å². The number of amides is 2. The summed E-state index contributed by atoms with van der Waals surface area (Å²) in [7, 11) is 0. The fourth-order valence-corrected chi connectivity index (χ4v) is 3.62. The van der Waals surface area contributed by atoms with Crippen LogP contribution in [0.4, 0.5) is 5.69 Å². The molecule has 3 N–H and O–H groups in total. The normalized spacial score (nSPS) is 13.7. The summed E-state index contributed by atoms with van der Waals surface area (Å²) in [5.74, 6) is -0.887. The van der Waals surface area contributed by atoms with Gasteiger partial charge < -0.3 is 15.7 Å². The van der Waals surface area contributed by atoms with E-state index in [1.54, 1.807) is 30.0 Å². The monoisotopic (exact) mass is 421 g/mol. The molecule has 0 radical (unpaired) electrons. The Balaban J connectivity index is 1.94. The van der Waals surface area contributed by atoms with E-state index in [9.17, 15) is 24.8 Å². The Kier molecular flexibility index (Phi) is 6.50. The van der Waals surface area contributed by atoms with Crippen molar-refractivity contribution in [3.8, 4) is 11.9 Å². The second-order valence-electron chi connectivity index (χ2n) is 7.28. The summed E-state index contributed by atoms with van der Waals surface area (Å²) in [4.78, 5) is 42.0. The lowest BCUT2D eigenvalue weighted by Crippen LogP contribution is -2.29. The molecule has 0 atom stereocenters. The molecule has 0 saturated carbocycles. The number of carbonyl (C=O) groups is 2. The Labute approximate surface area is 179 Å². The van der Waals surface area contributed by atoms with Gasteiger partial charge >= 0.3 is 0 Å². The van der Waals surface area contributed by atoms with Gasteiger partial charge in [-0.05, 0) is 37.5 Å². The smallest absolute Gasteiger partial charge is 0.271 e.